The fourth-order valence-electron chi connectivity index (χ4n) is 4.02. The Bertz CT molecular complexity index is 854. The predicted molar refractivity (Wildman–Crippen MR) is 108 cm³/mol. The second-order valence-electron chi connectivity index (χ2n) is 6.91. The Labute approximate surface area is 160 Å². The van der Waals surface area contributed by atoms with Crippen LogP contribution in [0.15, 0.2) is 42.5 Å². The van der Waals surface area contributed by atoms with Crippen LogP contribution in [0, 0.1) is 0 Å². The molecule has 2 aromatic rings. The van der Waals surface area contributed by atoms with E-state index in [1.807, 2.05) is 19.1 Å². The first-order chi connectivity index (χ1) is 12.6. The molecular formula is C21H24N2O2S. The van der Waals surface area contributed by atoms with E-state index in [0.29, 0.717) is 11.7 Å². The van der Waals surface area contributed by atoms with E-state index in [1.54, 1.807) is 0 Å². The van der Waals surface area contributed by atoms with Gasteiger partial charge in [-0.1, -0.05) is 37.3 Å². The van der Waals surface area contributed by atoms with Crippen molar-refractivity contribution in [3.05, 3.63) is 53.6 Å². The van der Waals surface area contributed by atoms with Crippen LogP contribution < -0.4 is 19.7 Å². The summed E-state index contributed by atoms with van der Waals surface area (Å²) in [5.41, 5.74) is 2.91. The lowest BCUT2D eigenvalue weighted by Crippen LogP contribution is -2.65. The number of para-hydroxylation sites is 2. The van der Waals surface area contributed by atoms with Crippen LogP contribution in [0.3, 0.4) is 0 Å². The highest BCUT2D eigenvalue weighted by atomic mass is 32.1. The van der Waals surface area contributed by atoms with Gasteiger partial charge in [-0.15, -0.1) is 0 Å². The molecule has 1 saturated heterocycles. The minimum absolute atomic E-state index is 0.127. The van der Waals surface area contributed by atoms with Gasteiger partial charge in [0.05, 0.1) is 18.3 Å². The van der Waals surface area contributed by atoms with Gasteiger partial charge in [0.15, 0.2) is 22.3 Å². The third kappa shape index (κ3) is 2.62. The van der Waals surface area contributed by atoms with E-state index in [4.69, 9.17) is 21.7 Å². The Morgan fingerprint density at radius 1 is 1.23 bits per heavy atom. The van der Waals surface area contributed by atoms with Gasteiger partial charge in [0.2, 0.25) is 0 Å². The number of hydrogen-bond acceptors (Lipinski definition) is 3. The largest absolute Gasteiger partial charge is 0.490 e. The van der Waals surface area contributed by atoms with Crippen LogP contribution in [0.2, 0.25) is 0 Å². The molecule has 136 valence electrons. The summed E-state index contributed by atoms with van der Waals surface area (Å²) < 4.78 is 12.4. The van der Waals surface area contributed by atoms with Crippen LogP contribution >= 0.6 is 12.2 Å². The van der Waals surface area contributed by atoms with Crippen molar-refractivity contribution in [3.8, 4) is 11.5 Å². The summed E-state index contributed by atoms with van der Waals surface area (Å²) >= 11 is 5.76. The summed E-state index contributed by atoms with van der Waals surface area (Å²) in [6, 6.07) is 14.6. The van der Waals surface area contributed by atoms with Crippen molar-refractivity contribution >= 4 is 23.0 Å². The zero-order valence-electron chi connectivity index (χ0n) is 15.4. The number of rotatable bonds is 4. The normalized spacial score (nSPS) is 23.7. The number of anilines is 1. The molecule has 4 rings (SSSR count). The first-order valence-corrected chi connectivity index (χ1v) is 9.61. The monoisotopic (exact) mass is 368 g/mol. The van der Waals surface area contributed by atoms with E-state index >= 15 is 0 Å². The second-order valence-corrected chi connectivity index (χ2v) is 7.30. The highest BCUT2D eigenvalue weighted by molar-refractivity contribution is 7.80. The maximum Gasteiger partial charge on any atom is 0.188 e. The molecule has 1 fully saturated rings. The number of thiocarbonyl (C=S) groups is 1. The first-order valence-electron chi connectivity index (χ1n) is 9.20. The van der Waals surface area contributed by atoms with E-state index < -0.39 is 5.72 Å². The van der Waals surface area contributed by atoms with Crippen molar-refractivity contribution in [1.82, 2.24) is 5.32 Å². The summed E-state index contributed by atoms with van der Waals surface area (Å²) in [5, 5.41) is 4.23. The van der Waals surface area contributed by atoms with Crippen LogP contribution in [0.25, 0.3) is 0 Å². The minimum atomic E-state index is -0.557. The molecule has 5 heteroatoms. The van der Waals surface area contributed by atoms with Gasteiger partial charge in [-0.05, 0) is 50.2 Å². The maximum atomic E-state index is 6.58. The second kappa shape index (κ2) is 6.47. The van der Waals surface area contributed by atoms with Crippen LogP contribution in [0.4, 0.5) is 5.69 Å². The smallest absolute Gasteiger partial charge is 0.188 e. The number of benzene rings is 2. The molecule has 4 nitrogen and oxygen atoms in total. The van der Waals surface area contributed by atoms with Crippen LogP contribution in [0.1, 0.15) is 44.4 Å². The molecule has 26 heavy (non-hydrogen) atoms. The summed E-state index contributed by atoms with van der Waals surface area (Å²) in [7, 11) is 0. The number of nitrogens with zero attached hydrogens (tertiary/aromatic N) is 1. The van der Waals surface area contributed by atoms with Gasteiger partial charge in [-0.3, -0.25) is 4.90 Å². The first kappa shape index (κ1) is 17.2. The number of fused-ring (bicyclic) bond motifs is 4. The van der Waals surface area contributed by atoms with E-state index in [1.165, 1.54) is 5.56 Å². The Morgan fingerprint density at radius 3 is 2.81 bits per heavy atom. The molecule has 1 N–H and O–H groups in total. The number of hydrogen-bond donors (Lipinski definition) is 1. The van der Waals surface area contributed by atoms with Gasteiger partial charge in [0, 0.05) is 12.0 Å². The Kier molecular flexibility index (Phi) is 4.27. The van der Waals surface area contributed by atoms with Crippen molar-refractivity contribution in [2.75, 3.05) is 11.5 Å². The lowest BCUT2D eigenvalue weighted by atomic mass is 9.89. The van der Waals surface area contributed by atoms with Gasteiger partial charge >= 0.3 is 0 Å². The van der Waals surface area contributed by atoms with Crippen molar-refractivity contribution in [3.63, 3.8) is 0 Å². The molecule has 2 aliphatic heterocycles. The van der Waals surface area contributed by atoms with Gasteiger partial charge < -0.3 is 14.8 Å². The fourth-order valence-corrected chi connectivity index (χ4v) is 4.46. The molecular weight excluding hydrogens is 344 g/mol. The van der Waals surface area contributed by atoms with Crippen molar-refractivity contribution < 1.29 is 9.47 Å². The molecule has 0 amide bonds. The molecule has 2 heterocycles. The summed E-state index contributed by atoms with van der Waals surface area (Å²) in [6.07, 6.45) is 1.75. The molecule has 0 aliphatic carbocycles. The van der Waals surface area contributed by atoms with E-state index in [9.17, 15) is 0 Å². The van der Waals surface area contributed by atoms with Crippen molar-refractivity contribution in [2.24, 2.45) is 0 Å². The third-order valence-electron chi connectivity index (χ3n) is 5.18. The average Bonchev–Trinajstić information content (AvgIpc) is 2.62. The lowest BCUT2D eigenvalue weighted by molar-refractivity contribution is 0.0456. The Balaban J connectivity index is 1.82. The number of nitrogens with one attached hydrogen (secondary N) is 1. The molecule has 2 bridgehead atoms. The third-order valence-corrected chi connectivity index (χ3v) is 5.48. The SMILES string of the molecule is CCOc1cccc2c1OC1(C)CC2NC(=S)N1c1ccccc1CC. The summed E-state index contributed by atoms with van der Waals surface area (Å²) in [6.45, 7) is 6.87. The molecule has 2 atom stereocenters. The van der Waals surface area contributed by atoms with Gasteiger partial charge in [-0.2, -0.15) is 0 Å². The molecule has 2 aliphatic rings. The highest BCUT2D eigenvalue weighted by Gasteiger charge is 2.49. The zero-order chi connectivity index (χ0) is 18.3. The average molecular weight is 369 g/mol. The standard InChI is InChI=1S/C21H24N2O2S/c1-4-14-9-6-7-11-17(14)23-20(26)22-16-13-21(23,3)25-19-15(16)10-8-12-18(19)24-5-2/h6-12,16H,4-5,13H2,1-3H3,(H,22,26). The molecule has 0 aromatic heterocycles. The quantitative estimate of drug-likeness (QED) is 0.799. The number of aryl methyl sites for hydroxylation is 1. The lowest BCUT2D eigenvalue weighted by Gasteiger charge is -2.52. The molecule has 0 spiro atoms. The molecule has 2 aromatic carbocycles. The number of ether oxygens (including phenoxy) is 2. The van der Waals surface area contributed by atoms with Crippen LogP contribution in [0.5, 0.6) is 11.5 Å². The van der Waals surface area contributed by atoms with Crippen molar-refractivity contribution in [2.45, 2.75) is 45.4 Å². The predicted octanol–water partition coefficient (Wildman–Crippen LogP) is 4.58. The molecule has 0 radical (unpaired) electrons. The van der Waals surface area contributed by atoms with Gasteiger partial charge in [0.25, 0.3) is 0 Å². The maximum absolute atomic E-state index is 6.58. The fraction of sp³-hybridized carbons (Fsp3) is 0.381. The van der Waals surface area contributed by atoms with Crippen LogP contribution in [-0.4, -0.2) is 17.4 Å². The van der Waals surface area contributed by atoms with Gasteiger partial charge in [-0.25, -0.2) is 0 Å². The highest BCUT2D eigenvalue weighted by Crippen LogP contribution is 2.49. The zero-order valence-corrected chi connectivity index (χ0v) is 16.2. The summed E-state index contributed by atoms with van der Waals surface area (Å²) in [5.74, 6) is 1.61. The topological polar surface area (TPSA) is 33.7 Å². The van der Waals surface area contributed by atoms with Crippen LogP contribution in [-0.2, 0) is 6.42 Å². The van der Waals surface area contributed by atoms with E-state index in [2.05, 4.69) is 54.4 Å². The Morgan fingerprint density at radius 2 is 2.04 bits per heavy atom. The van der Waals surface area contributed by atoms with E-state index in [-0.39, 0.29) is 6.04 Å². The molecule has 2 unspecified atom stereocenters. The summed E-state index contributed by atoms with van der Waals surface area (Å²) in [4.78, 5) is 2.13. The Hall–Kier alpha value is -2.27. The van der Waals surface area contributed by atoms with Crippen molar-refractivity contribution in [1.29, 1.82) is 0 Å². The van der Waals surface area contributed by atoms with E-state index in [0.717, 1.165) is 35.6 Å². The molecule has 0 saturated carbocycles. The van der Waals surface area contributed by atoms with Gasteiger partial charge in [0.1, 0.15) is 0 Å². The minimum Gasteiger partial charge on any atom is -0.490 e.